The lowest BCUT2D eigenvalue weighted by Crippen LogP contribution is -2.16. The minimum atomic E-state index is -4.03. The molecule has 0 saturated carbocycles. The summed E-state index contributed by atoms with van der Waals surface area (Å²) < 4.78 is 26.9. The third-order valence-corrected chi connectivity index (χ3v) is 10.1. The first kappa shape index (κ1) is 35.0. The molecule has 0 aliphatic rings. The second kappa shape index (κ2) is 14.9. The van der Waals surface area contributed by atoms with Crippen LogP contribution < -0.4 is 10.6 Å². The molecule has 11 heteroatoms. The fraction of sp³-hybridized carbons (Fsp3) is 0. The summed E-state index contributed by atoms with van der Waals surface area (Å²) in [7, 11) is -4.03. The quantitative estimate of drug-likeness (QED) is 0.136. The summed E-state index contributed by atoms with van der Waals surface area (Å²) in [6, 6.07) is 36.8. The molecule has 0 fully saturated rings. The van der Waals surface area contributed by atoms with Crippen molar-refractivity contribution < 1.29 is 27.6 Å². The van der Waals surface area contributed by atoms with Crippen LogP contribution in [0.5, 0.6) is 0 Å². The zero-order valence-corrected chi connectivity index (χ0v) is 28.8. The Morgan fingerprint density at radius 2 is 0.784 bits per heavy atom. The second-order valence-corrected chi connectivity index (χ2v) is 14.1. The highest BCUT2D eigenvalue weighted by Gasteiger charge is 2.22. The number of halogens is 2. The number of sulfone groups is 1. The number of hydrogen-bond acceptors (Lipinski definition) is 6. The molecule has 0 spiro atoms. The molecule has 6 rings (SSSR count). The third kappa shape index (κ3) is 7.81. The molecule has 0 saturated heterocycles. The van der Waals surface area contributed by atoms with Gasteiger partial charge in [0.15, 0.2) is 11.6 Å². The number of nitrogens with one attached hydrogen (secondary N) is 2. The number of rotatable bonds is 10. The Kier molecular flexibility index (Phi) is 10.2. The monoisotopic (exact) mass is 732 g/mol. The summed E-state index contributed by atoms with van der Waals surface area (Å²) in [6.07, 6.45) is 0. The van der Waals surface area contributed by atoms with Crippen molar-refractivity contribution in [2.45, 2.75) is 9.79 Å². The molecule has 0 heterocycles. The van der Waals surface area contributed by atoms with Gasteiger partial charge in [-0.3, -0.25) is 19.2 Å². The molecule has 6 aromatic rings. The Hall–Kier alpha value is -5.87. The maximum Gasteiger partial charge on any atom is 0.255 e. The van der Waals surface area contributed by atoms with Crippen LogP contribution in [0, 0.1) is 0 Å². The minimum absolute atomic E-state index is 0.0760. The van der Waals surface area contributed by atoms with E-state index in [-0.39, 0.29) is 55.0 Å². The molecule has 8 nitrogen and oxygen atoms in total. The van der Waals surface area contributed by atoms with E-state index in [4.69, 9.17) is 23.2 Å². The maximum atomic E-state index is 13.4. The molecule has 0 bridgehead atoms. The van der Waals surface area contributed by atoms with Crippen LogP contribution in [0.25, 0.3) is 0 Å². The van der Waals surface area contributed by atoms with Crippen molar-refractivity contribution >= 4 is 67.8 Å². The van der Waals surface area contributed by atoms with Crippen LogP contribution in [0.15, 0.2) is 155 Å². The third-order valence-electron chi connectivity index (χ3n) is 7.87. The van der Waals surface area contributed by atoms with Gasteiger partial charge < -0.3 is 10.6 Å². The van der Waals surface area contributed by atoms with Gasteiger partial charge in [-0.2, -0.15) is 0 Å². The number of carbonyl (C=O) groups is 4. The predicted octanol–water partition coefficient (Wildman–Crippen LogP) is 8.79. The fourth-order valence-electron chi connectivity index (χ4n) is 5.21. The molecule has 252 valence electrons. The summed E-state index contributed by atoms with van der Waals surface area (Å²) in [6.45, 7) is 0. The van der Waals surface area contributed by atoms with Crippen LogP contribution in [0.2, 0.25) is 10.0 Å². The molecule has 0 aliphatic heterocycles. The predicted molar refractivity (Wildman–Crippen MR) is 197 cm³/mol. The van der Waals surface area contributed by atoms with E-state index in [9.17, 15) is 27.6 Å². The normalized spacial score (nSPS) is 11.0. The second-order valence-electron chi connectivity index (χ2n) is 11.2. The van der Waals surface area contributed by atoms with Crippen molar-refractivity contribution in [2.75, 3.05) is 10.6 Å². The van der Waals surface area contributed by atoms with E-state index >= 15 is 0 Å². The van der Waals surface area contributed by atoms with Crippen LogP contribution >= 0.6 is 23.2 Å². The van der Waals surface area contributed by atoms with Crippen LogP contribution in [0.3, 0.4) is 0 Å². The summed E-state index contributed by atoms with van der Waals surface area (Å²) in [5, 5.41) is 6.08. The average Bonchev–Trinajstić information content (AvgIpc) is 3.16. The van der Waals surface area contributed by atoms with Crippen LogP contribution in [-0.4, -0.2) is 31.8 Å². The molecule has 2 N–H and O–H groups in total. The van der Waals surface area contributed by atoms with Crippen LogP contribution in [0.1, 0.15) is 52.6 Å². The van der Waals surface area contributed by atoms with E-state index in [0.717, 1.165) is 0 Å². The zero-order chi connectivity index (χ0) is 36.1. The minimum Gasteiger partial charge on any atom is -0.321 e. The highest BCUT2D eigenvalue weighted by atomic mass is 35.5. The largest absolute Gasteiger partial charge is 0.321 e. The molecule has 0 unspecified atom stereocenters. The summed E-state index contributed by atoms with van der Waals surface area (Å²) in [5.41, 5.74) is 2.04. The zero-order valence-electron chi connectivity index (χ0n) is 26.5. The molecule has 6 aromatic carbocycles. The van der Waals surface area contributed by atoms with Gasteiger partial charge in [-0.25, -0.2) is 8.42 Å². The molecule has 2 amide bonds. The van der Waals surface area contributed by atoms with Gasteiger partial charge in [0.25, 0.3) is 11.8 Å². The van der Waals surface area contributed by atoms with Crippen LogP contribution in [-0.2, 0) is 9.84 Å². The number of amides is 2. The lowest BCUT2D eigenvalue weighted by atomic mass is 10.0. The number of anilines is 2. The summed E-state index contributed by atoms with van der Waals surface area (Å²) >= 11 is 12.3. The van der Waals surface area contributed by atoms with Gasteiger partial charge in [-0.1, -0.05) is 83.9 Å². The SMILES string of the molecule is O=C(Nc1ccc(Cl)cc1C(=O)c1ccccc1)c1ccc(S(=O)(=O)c2ccc(C(=O)Nc3ccc(Cl)cc3C(=O)c3ccccc3)cc2)cc1. The number of carbonyl (C=O) groups excluding carboxylic acids is 4. The Bertz CT molecular complexity index is 2240. The molecule has 51 heavy (non-hydrogen) atoms. The van der Waals surface area contributed by atoms with E-state index in [1.54, 1.807) is 72.8 Å². The first-order chi connectivity index (χ1) is 24.5. The number of hydrogen-bond donors (Lipinski definition) is 2. The maximum absolute atomic E-state index is 13.4. The van der Waals surface area contributed by atoms with Crippen molar-refractivity contribution in [1.29, 1.82) is 0 Å². The first-order valence-corrected chi connectivity index (χ1v) is 17.6. The molecule has 0 aliphatic carbocycles. The highest BCUT2D eigenvalue weighted by molar-refractivity contribution is 7.91. The van der Waals surface area contributed by atoms with E-state index in [2.05, 4.69) is 10.6 Å². The summed E-state index contributed by atoms with van der Waals surface area (Å²) in [4.78, 5) is 52.5. The number of benzene rings is 6. The number of ketones is 2. The van der Waals surface area contributed by atoms with Gasteiger partial charge in [0.1, 0.15) is 0 Å². The summed E-state index contributed by atoms with van der Waals surface area (Å²) in [5.74, 6) is -1.78. The lowest BCUT2D eigenvalue weighted by Gasteiger charge is -2.12. The molecule has 0 aromatic heterocycles. The fourth-order valence-corrected chi connectivity index (χ4v) is 6.82. The van der Waals surface area contributed by atoms with E-state index in [1.807, 2.05) is 0 Å². The van der Waals surface area contributed by atoms with Crippen molar-refractivity contribution in [3.63, 3.8) is 0 Å². The van der Waals surface area contributed by atoms with Crippen molar-refractivity contribution in [1.82, 2.24) is 0 Å². The Morgan fingerprint density at radius 1 is 0.431 bits per heavy atom. The van der Waals surface area contributed by atoms with Crippen molar-refractivity contribution in [3.05, 3.63) is 189 Å². The molecule has 0 radical (unpaired) electrons. The van der Waals surface area contributed by atoms with Crippen molar-refractivity contribution in [3.8, 4) is 0 Å². The Labute approximate surface area is 303 Å². The first-order valence-electron chi connectivity index (χ1n) is 15.4. The highest BCUT2D eigenvalue weighted by Crippen LogP contribution is 2.27. The van der Waals surface area contributed by atoms with Gasteiger partial charge >= 0.3 is 0 Å². The van der Waals surface area contributed by atoms with E-state index < -0.39 is 21.7 Å². The van der Waals surface area contributed by atoms with E-state index in [0.29, 0.717) is 21.2 Å². The Morgan fingerprint density at radius 3 is 1.14 bits per heavy atom. The lowest BCUT2D eigenvalue weighted by molar-refractivity contribution is 0.101. The van der Waals surface area contributed by atoms with E-state index in [1.165, 1.54) is 72.8 Å². The molecular weight excluding hydrogens is 707 g/mol. The molecular formula is C40H26Cl2N2O6S. The smallest absolute Gasteiger partial charge is 0.255 e. The topological polar surface area (TPSA) is 126 Å². The van der Waals surface area contributed by atoms with Gasteiger partial charge in [0, 0.05) is 43.4 Å². The van der Waals surface area contributed by atoms with Gasteiger partial charge in [0.05, 0.1) is 21.2 Å². The molecule has 0 atom stereocenters. The van der Waals surface area contributed by atoms with Gasteiger partial charge in [-0.15, -0.1) is 0 Å². The van der Waals surface area contributed by atoms with Crippen molar-refractivity contribution in [2.24, 2.45) is 0 Å². The average molecular weight is 734 g/mol. The Balaban J connectivity index is 1.16. The van der Waals surface area contributed by atoms with Gasteiger partial charge in [0.2, 0.25) is 9.84 Å². The standard InChI is InChI=1S/C40H26Cl2N2O6S/c41-29-15-21-35(33(23-29)37(45)25-7-3-1-4-8-25)43-39(47)27-11-17-31(18-12-27)51(49,50)32-19-13-28(14-20-32)40(48)44-36-22-16-30(42)24-34(36)38(46)26-9-5-2-6-10-26/h1-24H,(H,43,47)(H,44,48). The van der Waals surface area contributed by atoms with Crippen LogP contribution in [0.4, 0.5) is 11.4 Å². The van der Waals surface area contributed by atoms with Gasteiger partial charge in [-0.05, 0) is 84.9 Å².